The summed E-state index contributed by atoms with van der Waals surface area (Å²) in [4.78, 5) is 23.6. The van der Waals surface area contributed by atoms with E-state index in [0.717, 1.165) is 20.9 Å². The van der Waals surface area contributed by atoms with Gasteiger partial charge in [-0.1, -0.05) is 39.4 Å². The predicted octanol–water partition coefficient (Wildman–Crippen LogP) is 4.52. The van der Waals surface area contributed by atoms with Gasteiger partial charge in [-0.2, -0.15) is 0 Å². The largest absolute Gasteiger partial charge is 0.427 e. The lowest BCUT2D eigenvalue weighted by Gasteiger charge is -2.07. The summed E-state index contributed by atoms with van der Waals surface area (Å²) >= 11 is 4.62. The highest BCUT2D eigenvalue weighted by Crippen LogP contribution is 2.24. The zero-order valence-corrected chi connectivity index (χ0v) is 15.5. The van der Waals surface area contributed by atoms with E-state index in [1.807, 2.05) is 42.6 Å². The van der Waals surface area contributed by atoms with Crippen molar-refractivity contribution in [3.8, 4) is 5.75 Å². The Balaban J connectivity index is 1.58. The fourth-order valence-corrected chi connectivity index (χ4v) is 3.64. The van der Waals surface area contributed by atoms with Gasteiger partial charge in [-0.25, -0.2) is 0 Å². The molecule has 3 aromatic rings. The van der Waals surface area contributed by atoms with Crippen LogP contribution in [-0.4, -0.2) is 10.5 Å². The lowest BCUT2D eigenvalue weighted by Crippen LogP contribution is -2.16. The Kier molecular flexibility index (Phi) is 5.16. The summed E-state index contributed by atoms with van der Waals surface area (Å²) < 4.78 is 8.10. The Hall–Kier alpha value is -1.92. The fourth-order valence-electron chi connectivity index (χ4n) is 2.50. The maximum atomic E-state index is 12.0. The van der Waals surface area contributed by atoms with Crippen LogP contribution in [0.15, 0.2) is 51.0 Å². The third-order valence-corrected chi connectivity index (χ3v) is 5.12. The van der Waals surface area contributed by atoms with Gasteiger partial charge in [0.2, 0.25) is 0 Å². The second-order valence-corrected chi connectivity index (χ2v) is 7.26. The molecule has 1 heterocycles. The van der Waals surface area contributed by atoms with Crippen LogP contribution < -0.4 is 9.61 Å². The number of carbonyl (C=O) groups is 1. The molecule has 0 spiro atoms. The van der Waals surface area contributed by atoms with Crippen molar-refractivity contribution >= 4 is 44.0 Å². The van der Waals surface area contributed by atoms with Crippen molar-refractivity contribution in [1.82, 2.24) is 4.57 Å². The number of esters is 1. The maximum Gasteiger partial charge on any atom is 0.311 e. The Morgan fingerprint density at radius 2 is 1.96 bits per heavy atom. The molecule has 0 aliphatic rings. The number of benzene rings is 2. The number of nitrogens with zero attached hydrogens (tertiary/aromatic N) is 1. The third kappa shape index (κ3) is 3.94. The average molecular weight is 406 g/mol. The number of hydrogen-bond acceptors (Lipinski definition) is 4. The standard InChI is InChI=1S/C18H16BrNO3S/c1-12-11-24-18(22)20(12)8-2-3-17(21)23-16-7-5-13-9-15(19)6-4-14(13)10-16/h4-7,9-11H,2-3,8H2,1H3. The topological polar surface area (TPSA) is 48.3 Å². The number of rotatable bonds is 5. The molecule has 24 heavy (non-hydrogen) atoms. The van der Waals surface area contributed by atoms with Gasteiger partial charge in [-0.05, 0) is 48.4 Å². The van der Waals surface area contributed by atoms with Crippen molar-refractivity contribution in [1.29, 1.82) is 0 Å². The molecule has 6 heteroatoms. The van der Waals surface area contributed by atoms with Crippen LogP contribution in [0.2, 0.25) is 0 Å². The van der Waals surface area contributed by atoms with Gasteiger partial charge >= 0.3 is 10.8 Å². The van der Waals surface area contributed by atoms with Crippen molar-refractivity contribution in [3.05, 3.63) is 61.6 Å². The monoisotopic (exact) mass is 405 g/mol. The van der Waals surface area contributed by atoms with E-state index in [1.54, 1.807) is 10.6 Å². The smallest absolute Gasteiger partial charge is 0.311 e. The van der Waals surface area contributed by atoms with Crippen molar-refractivity contribution in [2.45, 2.75) is 26.3 Å². The zero-order valence-electron chi connectivity index (χ0n) is 13.1. The molecule has 0 amide bonds. The summed E-state index contributed by atoms with van der Waals surface area (Å²) in [5, 5.41) is 3.93. The first-order valence-corrected chi connectivity index (χ1v) is 9.25. The van der Waals surface area contributed by atoms with Crippen LogP contribution in [0, 0.1) is 6.92 Å². The normalized spacial score (nSPS) is 10.9. The molecule has 0 aliphatic carbocycles. The van der Waals surface area contributed by atoms with Gasteiger partial charge in [0.25, 0.3) is 0 Å². The number of halogens is 1. The SMILES string of the molecule is Cc1csc(=O)n1CCCC(=O)Oc1ccc2cc(Br)ccc2c1. The molecule has 0 bridgehead atoms. The third-order valence-electron chi connectivity index (χ3n) is 3.74. The summed E-state index contributed by atoms with van der Waals surface area (Å²) in [7, 11) is 0. The molecule has 0 unspecified atom stereocenters. The van der Waals surface area contributed by atoms with Gasteiger partial charge in [-0.3, -0.25) is 9.59 Å². The van der Waals surface area contributed by atoms with Crippen LogP contribution in [0.1, 0.15) is 18.5 Å². The molecule has 1 aromatic heterocycles. The second kappa shape index (κ2) is 7.32. The van der Waals surface area contributed by atoms with Crippen LogP contribution in [0.25, 0.3) is 10.8 Å². The highest BCUT2D eigenvalue weighted by atomic mass is 79.9. The molecule has 4 nitrogen and oxygen atoms in total. The van der Waals surface area contributed by atoms with Crippen LogP contribution >= 0.6 is 27.3 Å². The van der Waals surface area contributed by atoms with E-state index in [0.29, 0.717) is 18.7 Å². The molecule has 0 saturated heterocycles. The van der Waals surface area contributed by atoms with E-state index < -0.39 is 0 Å². The van der Waals surface area contributed by atoms with E-state index >= 15 is 0 Å². The van der Waals surface area contributed by atoms with Gasteiger partial charge in [0.15, 0.2) is 0 Å². The first-order valence-electron chi connectivity index (χ1n) is 7.58. The van der Waals surface area contributed by atoms with Gasteiger partial charge < -0.3 is 9.30 Å². The zero-order chi connectivity index (χ0) is 17.1. The molecule has 0 fully saturated rings. The summed E-state index contributed by atoms with van der Waals surface area (Å²) in [5.74, 6) is 0.256. The minimum absolute atomic E-state index is 0.0153. The molecule has 0 N–H and O–H groups in total. The quantitative estimate of drug-likeness (QED) is 0.463. The first kappa shape index (κ1) is 16.9. The van der Waals surface area contributed by atoms with Crippen LogP contribution in [-0.2, 0) is 11.3 Å². The minimum atomic E-state index is -0.285. The van der Waals surface area contributed by atoms with E-state index in [2.05, 4.69) is 15.9 Å². The predicted molar refractivity (Wildman–Crippen MR) is 99.8 cm³/mol. The van der Waals surface area contributed by atoms with Gasteiger partial charge in [0.1, 0.15) is 5.75 Å². The fraction of sp³-hybridized carbons (Fsp3) is 0.222. The van der Waals surface area contributed by atoms with E-state index in [4.69, 9.17) is 4.74 Å². The number of carbonyl (C=O) groups excluding carboxylic acids is 1. The van der Waals surface area contributed by atoms with E-state index in [1.165, 1.54) is 11.3 Å². The number of fused-ring (bicyclic) bond motifs is 1. The van der Waals surface area contributed by atoms with Crippen LogP contribution in [0.4, 0.5) is 0 Å². The molecule has 0 saturated carbocycles. The van der Waals surface area contributed by atoms with Crippen molar-refractivity contribution < 1.29 is 9.53 Å². The van der Waals surface area contributed by atoms with Gasteiger partial charge in [0.05, 0.1) is 0 Å². The molecule has 3 rings (SSSR count). The molecule has 124 valence electrons. The van der Waals surface area contributed by atoms with Gasteiger partial charge in [-0.15, -0.1) is 0 Å². The Morgan fingerprint density at radius 1 is 1.21 bits per heavy atom. The lowest BCUT2D eigenvalue weighted by atomic mass is 10.1. The first-order chi connectivity index (χ1) is 11.5. The van der Waals surface area contributed by atoms with Crippen LogP contribution in [0.5, 0.6) is 5.75 Å². The average Bonchev–Trinajstić information content (AvgIpc) is 2.87. The molecule has 0 atom stereocenters. The summed E-state index contributed by atoms with van der Waals surface area (Å²) in [6.45, 7) is 2.43. The highest BCUT2D eigenvalue weighted by Gasteiger charge is 2.08. The molecule has 2 aromatic carbocycles. The molecular weight excluding hydrogens is 390 g/mol. The number of hydrogen-bond donors (Lipinski definition) is 0. The van der Waals surface area contributed by atoms with Gasteiger partial charge in [0, 0.05) is 28.5 Å². The Labute approximate surface area is 151 Å². The second-order valence-electron chi connectivity index (χ2n) is 5.53. The summed E-state index contributed by atoms with van der Waals surface area (Å²) in [6.07, 6.45) is 0.858. The van der Waals surface area contributed by atoms with Crippen molar-refractivity contribution in [3.63, 3.8) is 0 Å². The Morgan fingerprint density at radius 3 is 2.71 bits per heavy atom. The summed E-state index contributed by atoms with van der Waals surface area (Å²) in [5.41, 5.74) is 0.930. The number of thiazole rings is 1. The van der Waals surface area contributed by atoms with Crippen molar-refractivity contribution in [2.75, 3.05) is 0 Å². The van der Waals surface area contributed by atoms with E-state index in [9.17, 15) is 9.59 Å². The molecule has 0 aliphatic heterocycles. The lowest BCUT2D eigenvalue weighted by molar-refractivity contribution is -0.134. The number of aromatic nitrogens is 1. The van der Waals surface area contributed by atoms with E-state index in [-0.39, 0.29) is 17.3 Å². The highest BCUT2D eigenvalue weighted by molar-refractivity contribution is 9.10. The summed E-state index contributed by atoms with van der Waals surface area (Å²) in [6, 6.07) is 11.5. The molecule has 0 radical (unpaired) electrons. The molecular formula is C18H16BrNO3S. The minimum Gasteiger partial charge on any atom is -0.427 e. The van der Waals surface area contributed by atoms with Crippen LogP contribution in [0.3, 0.4) is 0 Å². The maximum absolute atomic E-state index is 12.0. The number of aryl methyl sites for hydroxylation is 1. The number of ether oxygens (including phenoxy) is 1. The Bertz CT molecular complexity index is 945. The van der Waals surface area contributed by atoms with Crippen molar-refractivity contribution in [2.24, 2.45) is 0 Å².